The predicted octanol–water partition coefficient (Wildman–Crippen LogP) is 1.78. The van der Waals surface area contributed by atoms with Crippen LogP contribution in [0, 0.1) is 13.8 Å². The summed E-state index contributed by atoms with van der Waals surface area (Å²) in [6.45, 7) is 6.55. The summed E-state index contributed by atoms with van der Waals surface area (Å²) in [5, 5.41) is 0. The fourth-order valence-electron chi connectivity index (χ4n) is 2.14. The summed E-state index contributed by atoms with van der Waals surface area (Å²) in [6, 6.07) is 5.09. The van der Waals surface area contributed by atoms with E-state index in [1.807, 2.05) is 18.4 Å². The van der Waals surface area contributed by atoms with E-state index in [0.717, 1.165) is 11.4 Å². The van der Waals surface area contributed by atoms with Crippen molar-refractivity contribution in [1.82, 2.24) is 9.55 Å². The van der Waals surface area contributed by atoms with Gasteiger partial charge in [-0.25, -0.2) is 8.42 Å². The third-order valence-corrected chi connectivity index (χ3v) is 4.62. The number of hydrogen-bond donors (Lipinski definition) is 2. The molecule has 0 amide bonds. The number of aromatic nitrogens is 2. The van der Waals surface area contributed by atoms with Gasteiger partial charge in [0, 0.05) is 30.7 Å². The normalized spacial score (nSPS) is 11.6. The fourth-order valence-corrected chi connectivity index (χ4v) is 3.32. The first-order valence-electron chi connectivity index (χ1n) is 6.73. The second-order valence-corrected chi connectivity index (χ2v) is 6.53. The molecular weight excluding hydrogens is 288 g/mol. The summed E-state index contributed by atoms with van der Waals surface area (Å²) in [5.41, 5.74) is 8.40. The van der Waals surface area contributed by atoms with Gasteiger partial charge in [-0.15, -0.1) is 0 Å². The highest BCUT2D eigenvalue weighted by molar-refractivity contribution is 7.92. The molecule has 0 atom stereocenters. The van der Waals surface area contributed by atoms with E-state index in [2.05, 4.69) is 9.71 Å². The van der Waals surface area contributed by atoms with Gasteiger partial charge in [-0.1, -0.05) is 0 Å². The Morgan fingerprint density at radius 2 is 2.05 bits per heavy atom. The molecule has 0 saturated carbocycles. The number of hydrogen-bond acceptors (Lipinski definition) is 4. The van der Waals surface area contributed by atoms with Crippen LogP contribution in [0.5, 0.6) is 0 Å². The summed E-state index contributed by atoms with van der Waals surface area (Å²) < 4.78 is 29.3. The molecule has 0 saturated heterocycles. The van der Waals surface area contributed by atoms with Crippen molar-refractivity contribution >= 4 is 15.7 Å². The number of nitrogens with one attached hydrogen (secondary N) is 1. The molecule has 3 N–H and O–H groups in total. The first kappa shape index (κ1) is 15.5. The van der Waals surface area contributed by atoms with E-state index < -0.39 is 10.0 Å². The summed E-state index contributed by atoms with van der Waals surface area (Å²) in [5.74, 6) is 0. The van der Waals surface area contributed by atoms with Crippen LogP contribution in [0.15, 0.2) is 29.3 Å². The molecule has 0 aliphatic heterocycles. The lowest BCUT2D eigenvalue weighted by Crippen LogP contribution is -2.13. The number of nitrogens with zero attached hydrogens (tertiary/aromatic N) is 2. The van der Waals surface area contributed by atoms with Crippen molar-refractivity contribution in [2.24, 2.45) is 5.73 Å². The Balaban J connectivity index is 2.36. The Labute approximate surface area is 125 Å². The molecule has 114 valence electrons. The van der Waals surface area contributed by atoms with Gasteiger partial charge in [0.1, 0.15) is 4.90 Å². The number of anilines is 1. The largest absolute Gasteiger partial charge is 0.349 e. The van der Waals surface area contributed by atoms with Gasteiger partial charge in [-0.2, -0.15) is 0 Å². The van der Waals surface area contributed by atoms with Gasteiger partial charge in [0.2, 0.25) is 0 Å². The first-order valence-corrected chi connectivity index (χ1v) is 8.22. The Bertz CT molecular complexity index is 729. The Hall–Kier alpha value is -1.86. The van der Waals surface area contributed by atoms with Gasteiger partial charge in [-0.05, 0) is 39.0 Å². The molecule has 0 aliphatic rings. The highest BCUT2D eigenvalue weighted by Gasteiger charge is 2.19. The third-order valence-electron chi connectivity index (χ3n) is 3.29. The highest BCUT2D eigenvalue weighted by atomic mass is 32.2. The molecule has 0 spiro atoms. The van der Waals surface area contributed by atoms with Crippen molar-refractivity contribution < 1.29 is 8.42 Å². The Kier molecular flexibility index (Phi) is 4.34. The highest BCUT2D eigenvalue weighted by Crippen LogP contribution is 2.20. The molecule has 0 bridgehead atoms. The molecule has 0 aliphatic carbocycles. The zero-order chi connectivity index (χ0) is 15.6. The number of sulfonamides is 1. The van der Waals surface area contributed by atoms with E-state index in [-0.39, 0.29) is 4.90 Å². The fraction of sp³-hybridized carbons (Fsp3) is 0.357. The average Bonchev–Trinajstić information content (AvgIpc) is 2.86. The lowest BCUT2D eigenvalue weighted by molar-refractivity contribution is 0.600. The van der Waals surface area contributed by atoms with Gasteiger partial charge in [0.25, 0.3) is 10.0 Å². The van der Waals surface area contributed by atoms with Crippen molar-refractivity contribution in [2.75, 3.05) is 4.72 Å². The number of rotatable bonds is 5. The van der Waals surface area contributed by atoms with E-state index in [1.54, 1.807) is 31.3 Å². The summed E-state index contributed by atoms with van der Waals surface area (Å²) in [6.07, 6.45) is 1.60. The van der Waals surface area contributed by atoms with Gasteiger partial charge >= 0.3 is 0 Å². The summed E-state index contributed by atoms with van der Waals surface area (Å²) in [4.78, 5) is 4.47. The van der Waals surface area contributed by atoms with Gasteiger partial charge in [0.15, 0.2) is 0 Å². The molecular formula is C14H20N4O2S. The molecule has 0 radical (unpaired) electrons. The first-order chi connectivity index (χ1) is 9.87. The monoisotopic (exact) mass is 308 g/mol. The van der Waals surface area contributed by atoms with E-state index in [9.17, 15) is 8.42 Å². The molecule has 2 heterocycles. The van der Waals surface area contributed by atoms with Crippen LogP contribution in [-0.4, -0.2) is 18.0 Å². The van der Waals surface area contributed by atoms with E-state index in [0.29, 0.717) is 24.5 Å². The van der Waals surface area contributed by atoms with Crippen LogP contribution in [0.25, 0.3) is 0 Å². The zero-order valence-corrected chi connectivity index (χ0v) is 13.2. The summed E-state index contributed by atoms with van der Waals surface area (Å²) in [7, 11) is -3.64. The van der Waals surface area contributed by atoms with E-state index >= 15 is 0 Å². The quantitative estimate of drug-likeness (QED) is 0.881. The van der Waals surface area contributed by atoms with Crippen molar-refractivity contribution in [3.8, 4) is 0 Å². The molecule has 6 nitrogen and oxygen atoms in total. The topological polar surface area (TPSA) is 90.0 Å². The third kappa shape index (κ3) is 3.25. The molecule has 0 unspecified atom stereocenters. The molecule has 2 aromatic heterocycles. The number of nitrogens with two attached hydrogens (primary N) is 1. The van der Waals surface area contributed by atoms with E-state index in [1.165, 1.54) is 0 Å². The SMILES string of the molecule is CCn1cc(S(=O)(=O)Nc2ccc(C)nc2C)cc1CN. The van der Waals surface area contributed by atoms with E-state index in [4.69, 9.17) is 5.73 Å². The molecule has 2 aromatic rings. The second-order valence-electron chi connectivity index (χ2n) is 4.85. The van der Waals surface area contributed by atoms with Gasteiger partial charge in [-0.3, -0.25) is 9.71 Å². The van der Waals surface area contributed by atoms with Crippen LogP contribution in [-0.2, 0) is 23.1 Å². The maximum absolute atomic E-state index is 12.4. The van der Waals surface area contributed by atoms with Gasteiger partial charge < -0.3 is 10.3 Å². The van der Waals surface area contributed by atoms with Crippen LogP contribution in [0.3, 0.4) is 0 Å². The smallest absolute Gasteiger partial charge is 0.263 e. The van der Waals surface area contributed by atoms with Crippen molar-refractivity contribution in [1.29, 1.82) is 0 Å². The number of aryl methyl sites for hydroxylation is 3. The van der Waals surface area contributed by atoms with Crippen molar-refractivity contribution in [2.45, 2.75) is 38.8 Å². The molecule has 0 aromatic carbocycles. The minimum atomic E-state index is -3.64. The standard InChI is InChI=1S/C14H20N4O2S/c1-4-18-9-13(7-12(18)8-15)21(19,20)17-14-6-5-10(2)16-11(14)3/h5-7,9,17H,4,8,15H2,1-3H3. The zero-order valence-electron chi connectivity index (χ0n) is 12.4. The Morgan fingerprint density at radius 3 is 2.57 bits per heavy atom. The maximum Gasteiger partial charge on any atom is 0.263 e. The van der Waals surface area contributed by atoms with Gasteiger partial charge in [0.05, 0.1) is 11.4 Å². The summed E-state index contributed by atoms with van der Waals surface area (Å²) >= 11 is 0. The molecule has 0 fully saturated rings. The van der Waals surface area contributed by atoms with Crippen molar-refractivity contribution in [3.05, 3.63) is 41.5 Å². The van der Waals surface area contributed by atoms with Crippen LogP contribution >= 0.6 is 0 Å². The van der Waals surface area contributed by atoms with Crippen LogP contribution in [0.1, 0.15) is 24.0 Å². The Morgan fingerprint density at radius 1 is 1.33 bits per heavy atom. The van der Waals surface area contributed by atoms with Crippen LogP contribution in [0.2, 0.25) is 0 Å². The molecule has 2 rings (SSSR count). The average molecular weight is 308 g/mol. The minimum absolute atomic E-state index is 0.213. The predicted molar refractivity (Wildman–Crippen MR) is 82.5 cm³/mol. The number of pyridine rings is 1. The second kappa shape index (κ2) is 5.87. The molecule has 7 heteroatoms. The van der Waals surface area contributed by atoms with Crippen LogP contribution < -0.4 is 10.5 Å². The van der Waals surface area contributed by atoms with Crippen LogP contribution in [0.4, 0.5) is 5.69 Å². The molecule has 21 heavy (non-hydrogen) atoms. The maximum atomic E-state index is 12.4. The van der Waals surface area contributed by atoms with Crippen molar-refractivity contribution in [3.63, 3.8) is 0 Å². The lowest BCUT2D eigenvalue weighted by Gasteiger charge is -2.09. The lowest BCUT2D eigenvalue weighted by atomic mass is 10.3. The minimum Gasteiger partial charge on any atom is -0.349 e.